The molecule has 5 nitrogen and oxygen atoms in total. The summed E-state index contributed by atoms with van der Waals surface area (Å²) in [6.07, 6.45) is -9.80. The summed E-state index contributed by atoms with van der Waals surface area (Å²) >= 11 is 0. The minimum Gasteiger partial charge on any atom is -0.349 e. The molecule has 0 aromatic heterocycles. The van der Waals surface area contributed by atoms with Gasteiger partial charge in [0.05, 0.1) is 28.7 Å². The zero-order chi connectivity index (χ0) is 29.8. The number of amides is 2. The van der Waals surface area contributed by atoms with Gasteiger partial charge in [0.15, 0.2) is 0 Å². The maximum Gasteiger partial charge on any atom is 0.416 e. The summed E-state index contributed by atoms with van der Waals surface area (Å²) in [6.45, 7) is 4.74. The highest BCUT2D eigenvalue weighted by Crippen LogP contribution is 2.48. The molecule has 2 aromatic rings. The molecule has 2 saturated heterocycles. The van der Waals surface area contributed by atoms with Gasteiger partial charge in [0.1, 0.15) is 5.82 Å². The first-order chi connectivity index (χ1) is 18.4. The zero-order valence-corrected chi connectivity index (χ0v) is 22.0. The average molecular weight is 574 g/mol. The number of hydrogen-bond acceptors (Lipinski definition) is 3. The molecule has 0 aliphatic carbocycles. The summed E-state index contributed by atoms with van der Waals surface area (Å²) in [6, 6.07) is 5.93. The first-order valence-corrected chi connectivity index (χ1v) is 12.8. The Labute approximate surface area is 226 Å². The van der Waals surface area contributed by atoms with Gasteiger partial charge in [-0.1, -0.05) is 19.1 Å². The van der Waals surface area contributed by atoms with Crippen molar-refractivity contribution >= 4 is 11.8 Å². The van der Waals surface area contributed by atoms with Gasteiger partial charge in [-0.3, -0.25) is 9.59 Å². The second-order valence-electron chi connectivity index (χ2n) is 11.4. The van der Waals surface area contributed by atoms with Crippen molar-refractivity contribution < 1.29 is 40.3 Å². The van der Waals surface area contributed by atoms with Crippen molar-refractivity contribution in [3.05, 3.63) is 70.5 Å². The van der Waals surface area contributed by atoms with E-state index in [2.05, 4.69) is 5.32 Å². The normalized spacial score (nSPS) is 24.3. The Kier molecular flexibility index (Phi) is 7.72. The molecule has 218 valence electrons. The average Bonchev–Trinajstić information content (AvgIpc) is 3.34. The third-order valence-corrected chi connectivity index (χ3v) is 7.79. The molecule has 12 heteroatoms. The Morgan fingerprint density at radius 3 is 2.08 bits per heavy atom. The van der Waals surface area contributed by atoms with Crippen LogP contribution in [0.4, 0.5) is 30.7 Å². The SMILES string of the molecule is C[C@@H](C[C@H]1CN2C(=O)CC(NC(=O)C(C)(C)N)[C@H]2C1c1ccc(F)cc1)c1cc(C(F)(F)F)cc(C(F)(F)F)c1. The van der Waals surface area contributed by atoms with E-state index < -0.39 is 70.6 Å². The lowest BCUT2D eigenvalue weighted by atomic mass is 9.76. The van der Waals surface area contributed by atoms with Crippen LogP contribution in [0, 0.1) is 11.7 Å². The topological polar surface area (TPSA) is 75.4 Å². The maximum atomic E-state index is 13.8. The second kappa shape index (κ2) is 10.4. The minimum atomic E-state index is -4.98. The van der Waals surface area contributed by atoms with Crippen LogP contribution in [0.5, 0.6) is 0 Å². The van der Waals surface area contributed by atoms with Gasteiger partial charge in [0, 0.05) is 18.9 Å². The third kappa shape index (κ3) is 6.11. The molecule has 0 bridgehead atoms. The Hall–Kier alpha value is -3.15. The Bertz CT molecular complexity index is 1240. The van der Waals surface area contributed by atoms with Crippen molar-refractivity contribution in [3.63, 3.8) is 0 Å². The van der Waals surface area contributed by atoms with Crippen LogP contribution >= 0.6 is 0 Å². The summed E-state index contributed by atoms with van der Waals surface area (Å²) in [4.78, 5) is 27.2. The minimum absolute atomic E-state index is 0.00895. The van der Waals surface area contributed by atoms with E-state index in [0.717, 1.165) is 12.1 Å². The van der Waals surface area contributed by atoms with E-state index in [1.807, 2.05) is 0 Å². The van der Waals surface area contributed by atoms with Gasteiger partial charge in [-0.15, -0.1) is 0 Å². The second-order valence-corrected chi connectivity index (χ2v) is 11.4. The lowest BCUT2D eigenvalue weighted by molar-refractivity contribution is -0.143. The first kappa shape index (κ1) is 29.8. The summed E-state index contributed by atoms with van der Waals surface area (Å²) in [5, 5.41) is 2.83. The number of nitrogens with zero attached hydrogens (tertiary/aromatic N) is 1. The highest BCUT2D eigenvalue weighted by molar-refractivity contribution is 5.87. The Morgan fingerprint density at radius 2 is 1.57 bits per heavy atom. The van der Waals surface area contributed by atoms with Crippen LogP contribution in [0.25, 0.3) is 0 Å². The quantitative estimate of drug-likeness (QED) is 0.443. The van der Waals surface area contributed by atoms with Crippen LogP contribution in [0.15, 0.2) is 42.5 Å². The monoisotopic (exact) mass is 573 g/mol. The van der Waals surface area contributed by atoms with Gasteiger partial charge < -0.3 is 16.0 Å². The van der Waals surface area contributed by atoms with Gasteiger partial charge in [-0.05, 0) is 73.6 Å². The van der Waals surface area contributed by atoms with E-state index in [9.17, 15) is 40.3 Å². The third-order valence-electron chi connectivity index (χ3n) is 7.79. The van der Waals surface area contributed by atoms with Crippen molar-refractivity contribution in [2.75, 3.05) is 6.54 Å². The number of fused-ring (bicyclic) bond motifs is 1. The molecule has 2 aliphatic heterocycles. The molecule has 2 aromatic carbocycles. The van der Waals surface area contributed by atoms with Gasteiger partial charge in [-0.25, -0.2) is 4.39 Å². The molecule has 5 atom stereocenters. The van der Waals surface area contributed by atoms with Crippen molar-refractivity contribution in [1.29, 1.82) is 0 Å². The van der Waals surface area contributed by atoms with Gasteiger partial charge in [-0.2, -0.15) is 26.3 Å². The largest absolute Gasteiger partial charge is 0.416 e. The molecule has 2 heterocycles. The standard InChI is InChI=1S/C28H30F7N3O2/c1-14(16-9-18(27(30,31)32)11-19(10-16)28(33,34)35)8-17-13-38-22(39)12-21(37-25(40)26(2,3)36)24(38)23(17)15-4-6-20(29)7-5-15/h4-7,9-11,14,17,21,23-24H,8,12-13,36H2,1-3H3,(H,37,40)/t14-,17-,21?,23?,24-/m0/s1. The van der Waals surface area contributed by atoms with Crippen molar-refractivity contribution in [3.8, 4) is 0 Å². The van der Waals surface area contributed by atoms with Gasteiger partial charge in [0.25, 0.3) is 0 Å². The number of benzene rings is 2. The highest BCUT2D eigenvalue weighted by Gasteiger charge is 2.53. The molecule has 2 amide bonds. The maximum absolute atomic E-state index is 13.8. The van der Waals surface area contributed by atoms with Crippen LogP contribution in [0.3, 0.4) is 0 Å². The number of alkyl halides is 6. The summed E-state index contributed by atoms with van der Waals surface area (Å²) in [7, 11) is 0. The number of nitrogens with one attached hydrogen (secondary N) is 1. The number of rotatable bonds is 6. The van der Waals surface area contributed by atoms with Crippen molar-refractivity contribution in [2.45, 2.75) is 75.4 Å². The van der Waals surface area contributed by atoms with Crippen LogP contribution in [-0.4, -0.2) is 40.9 Å². The smallest absolute Gasteiger partial charge is 0.349 e. The first-order valence-electron chi connectivity index (χ1n) is 12.8. The number of halogens is 7. The molecule has 40 heavy (non-hydrogen) atoms. The predicted molar refractivity (Wildman–Crippen MR) is 132 cm³/mol. The summed E-state index contributed by atoms with van der Waals surface area (Å²) in [5.41, 5.74) is 2.42. The molecule has 0 spiro atoms. The molecule has 3 N–H and O–H groups in total. The van der Waals surface area contributed by atoms with E-state index in [1.54, 1.807) is 24.0 Å². The van der Waals surface area contributed by atoms with Crippen molar-refractivity contribution in [1.82, 2.24) is 10.2 Å². The fourth-order valence-electron chi connectivity index (χ4n) is 5.84. The number of carbonyl (C=O) groups excluding carboxylic acids is 2. The van der Waals surface area contributed by atoms with Crippen LogP contribution in [0.2, 0.25) is 0 Å². The van der Waals surface area contributed by atoms with Gasteiger partial charge >= 0.3 is 12.4 Å². The van der Waals surface area contributed by atoms with E-state index in [1.165, 1.54) is 26.0 Å². The number of hydrogen-bond donors (Lipinski definition) is 2. The van der Waals surface area contributed by atoms with E-state index in [4.69, 9.17) is 5.73 Å². The van der Waals surface area contributed by atoms with Crippen LogP contribution in [-0.2, 0) is 21.9 Å². The highest BCUT2D eigenvalue weighted by atomic mass is 19.4. The molecule has 4 rings (SSSR count). The lowest BCUT2D eigenvalue weighted by Crippen LogP contribution is -2.55. The van der Waals surface area contributed by atoms with E-state index in [0.29, 0.717) is 5.56 Å². The molecular formula is C28H30F7N3O2. The lowest BCUT2D eigenvalue weighted by Gasteiger charge is -2.31. The molecule has 2 unspecified atom stereocenters. The Balaban J connectivity index is 1.70. The molecule has 0 saturated carbocycles. The molecular weight excluding hydrogens is 543 g/mol. The summed E-state index contributed by atoms with van der Waals surface area (Å²) < 4.78 is 94.6. The van der Waals surface area contributed by atoms with Crippen LogP contribution < -0.4 is 11.1 Å². The fraction of sp³-hybridized carbons (Fsp3) is 0.500. The van der Waals surface area contributed by atoms with E-state index in [-0.39, 0.29) is 36.9 Å². The van der Waals surface area contributed by atoms with E-state index >= 15 is 0 Å². The number of carbonyl (C=O) groups is 2. The zero-order valence-electron chi connectivity index (χ0n) is 22.0. The number of nitrogens with two attached hydrogens (primary N) is 1. The fourth-order valence-corrected chi connectivity index (χ4v) is 5.84. The Morgan fingerprint density at radius 1 is 1.02 bits per heavy atom. The van der Waals surface area contributed by atoms with Crippen molar-refractivity contribution in [2.24, 2.45) is 11.7 Å². The molecule has 2 fully saturated rings. The predicted octanol–water partition coefficient (Wildman–Crippen LogP) is 5.59. The summed E-state index contributed by atoms with van der Waals surface area (Å²) in [5.74, 6) is -2.83. The van der Waals surface area contributed by atoms with Crippen LogP contribution in [0.1, 0.15) is 67.7 Å². The van der Waals surface area contributed by atoms with Gasteiger partial charge in [0.2, 0.25) is 11.8 Å². The molecule has 0 radical (unpaired) electrons. The molecule has 2 aliphatic rings.